The molecular weight excluding hydrogens is 244 g/mol. The summed E-state index contributed by atoms with van der Waals surface area (Å²) in [7, 11) is 0. The van der Waals surface area contributed by atoms with Crippen molar-refractivity contribution in [2.24, 2.45) is 16.3 Å². The van der Waals surface area contributed by atoms with Gasteiger partial charge in [-0.2, -0.15) is 0 Å². The summed E-state index contributed by atoms with van der Waals surface area (Å²) in [5.74, 6) is -2.32. The topological polar surface area (TPSA) is 87.7 Å². The summed E-state index contributed by atoms with van der Waals surface area (Å²) in [6, 6.07) is 2.68. The highest BCUT2D eigenvalue weighted by Crippen LogP contribution is 2.46. The maximum absolute atomic E-state index is 12.9. The van der Waals surface area contributed by atoms with Gasteiger partial charge in [0.05, 0.1) is 0 Å². The predicted molar refractivity (Wildman–Crippen MR) is 60.1 cm³/mol. The van der Waals surface area contributed by atoms with E-state index >= 15 is 0 Å². The second kappa shape index (κ2) is 4.25. The molecule has 1 amide bonds. The average molecular weight is 255 g/mol. The zero-order valence-corrected chi connectivity index (χ0v) is 9.28. The largest absolute Gasteiger partial charge is 0.409 e. The van der Waals surface area contributed by atoms with Crippen LogP contribution in [0.4, 0.5) is 14.5 Å². The van der Waals surface area contributed by atoms with E-state index in [9.17, 15) is 13.6 Å². The van der Waals surface area contributed by atoms with E-state index in [2.05, 4.69) is 10.5 Å². The zero-order chi connectivity index (χ0) is 13.3. The van der Waals surface area contributed by atoms with Crippen LogP contribution in [0.1, 0.15) is 12.8 Å². The van der Waals surface area contributed by atoms with Crippen LogP contribution in [0, 0.1) is 17.0 Å². The first kappa shape index (κ1) is 12.3. The minimum atomic E-state index is -1.06. The van der Waals surface area contributed by atoms with Gasteiger partial charge in [0.2, 0.25) is 5.91 Å². The minimum absolute atomic E-state index is 0.00508. The quantitative estimate of drug-likeness (QED) is 0.330. The van der Waals surface area contributed by atoms with Gasteiger partial charge in [0.15, 0.2) is 5.84 Å². The van der Waals surface area contributed by atoms with E-state index in [1.165, 1.54) is 0 Å². The van der Waals surface area contributed by atoms with E-state index in [0.29, 0.717) is 18.9 Å². The van der Waals surface area contributed by atoms with E-state index < -0.39 is 23.0 Å². The molecule has 96 valence electrons. The third-order valence-electron chi connectivity index (χ3n) is 2.90. The van der Waals surface area contributed by atoms with Gasteiger partial charge in [0, 0.05) is 11.8 Å². The Morgan fingerprint density at radius 2 is 1.89 bits per heavy atom. The fourth-order valence-corrected chi connectivity index (χ4v) is 1.70. The number of hydrogen-bond acceptors (Lipinski definition) is 3. The number of nitrogens with two attached hydrogens (primary N) is 1. The maximum Gasteiger partial charge on any atom is 0.238 e. The van der Waals surface area contributed by atoms with Crippen LogP contribution in [0.5, 0.6) is 0 Å². The first-order valence-corrected chi connectivity index (χ1v) is 5.23. The third-order valence-corrected chi connectivity index (χ3v) is 2.90. The molecule has 1 aromatic carbocycles. The maximum atomic E-state index is 12.9. The lowest BCUT2D eigenvalue weighted by molar-refractivity contribution is -0.119. The number of amidine groups is 1. The summed E-state index contributed by atoms with van der Waals surface area (Å²) in [6.45, 7) is 0. The van der Waals surface area contributed by atoms with Crippen molar-refractivity contribution >= 4 is 17.4 Å². The Bertz CT molecular complexity index is 507. The average Bonchev–Trinajstić information content (AvgIpc) is 3.07. The van der Waals surface area contributed by atoms with Gasteiger partial charge in [-0.15, -0.1) is 0 Å². The van der Waals surface area contributed by atoms with Crippen molar-refractivity contribution in [2.75, 3.05) is 5.32 Å². The van der Waals surface area contributed by atoms with Crippen LogP contribution in [0.2, 0.25) is 0 Å². The molecule has 1 fully saturated rings. The lowest BCUT2D eigenvalue weighted by Crippen LogP contribution is -2.36. The molecule has 0 atom stereocenters. The fourth-order valence-electron chi connectivity index (χ4n) is 1.70. The van der Waals surface area contributed by atoms with E-state index in [4.69, 9.17) is 10.9 Å². The van der Waals surface area contributed by atoms with Crippen LogP contribution in [-0.4, -0.2) is 17.0 Å². The van der Waals surface area contributed by atoms with Crippen LogP contribution in [0.3, 0.4) is 0 Å². The highest BCUT2D eigenvalue weighted by atomic mass is 19.1. The predicted octanol–water partition coefficient (Wildman–Crippen LogP) is 1.43. The SMILES string of the molecule is N/C(=N/O)C1(C(=O)Nc2cc(F)cc(F)c2)CC1. The second-order valence-corrected chi connectivity index (χ2v) is 4.18. The molecule has 1 aromatic rings. The Balaban J connectivity index is 2.17. The molecule has 0 radical (unpaired) electrons. The normalized spacial score (nSPS) is 17.3. The molecule has 1 saturated carbocycles. The van der Waals surface area contributed by atoms with Crippen molar-refractivity contribution in [2.45, 2.75) is 12.8 Å². The Morgan fingerprint density at radius 1 is 1.33 bits per heavy atom. The van der Waals surface area contributed by atoms with Crippen LogP contribution < -0.4 is 11.1 Å². The van der Waals surface area contributed by atoms with E-state index in [0.717, 1.165) is 12.1 Å². The van der Waals surface area contributed by atoms with Gasteiger partial charge in [-0.1, -0.05) is 5.16 Å². The molecule has 0 unspecified atom stereocenters. The molecular formula is C11H11F2N3O2. The highest BCUT2D eigenvalue weighted by Gasteiger charge is 2.54. The van der Waals surface area contributed by atoms with Crippen molar-refractivity contribution in [3.05, 3.63) is 29.8 Å². The number of amides is 1. The molecule has 0 spiro atoms. The molecule has 0 saturated heterocycles. The number of oxime groups is 1. The lowest BCUT2D eigenvalue weighted by Gasteiger charge is -2.13. The fraction of sp³-hybridized carbons (Fsp3) is 0.273. The Morgan fingerprint density at radius 3 is 2.33 bits per heavy atom. The smallest absolute Gasteiger partial charge is 0.238 e. The summed E-state index contributed by atoms with van der Waals surface area (Å²) in [6.07, 6.45) is 0.874. The third kappa shape index (κ3) is 2.11. The van der Waals surface area contributed by atoms with Crippen molar-refractivity contribution in [1.82, 2.24) is 0 Å². The van der Waals surface area contributed by atoms with E-state index in [-0.39, 0.29) is 11.5 Å². The molecule has 0 bridgehead atoms. The van der Waals surface area contributed by atoms with Gasteiger partial charge < -0.3 is 16.3 Å². The Hall–Kier alpha value is -2.18. The molecule has 1 aliphatic carbocycles. The number of hydrogen-bond donors (Lipinski definition) is 3. The first-order valence-electron chi connectivity index (χ1n) is 5.23. The number of carbonyl (C=O) groups excluding carboxylic acids is 1. The molecule has 0 aromatic heterocycles. The molecule has 2 rings (SSSR count). The minimum Gasteiger partial charge on any atom is -0.409 e. The van der Waals surface area contributed by atoms with Gasteiger partial charge in [0.1, 0.15) is 17.0 Å². The summed E-state index contributed by atoms with van der Waals surface area (Å²) in [5, 5.41) is 13.7. The summed E-state index contributed by atoms with van der Waals surface area (Å²) >= 11 is 0. The number of anilines is 1. The van der Waals surface area contributed by atoms with Crippen molar-refractivity contribution in [3.63, 3.8) is 0 Å². The second-order valence-electron chi connectivity index (χ2n) is 4.18. The summed E-state index contributed by atoms with van der Waals surface area (Å²) < 4.78 is 25.9. The number of rotatable bonds is 3. The molecule has 18 heavy (non-hydrogen) atoms. The highest BCUT2D eigenvalue weighted by molar-refractivity contribution is 6.14. The van der Waals surface area contributed by atoms with Gasteiger partial charge in [-0.3, -0.25) is 4.79 Å². The van der Waals surface area contributed by atoms with Crippen LogP contribution in [-0.2, 0) is 4.79 Å². The monoisotopic (exact) mass is 255 g/mol. The molecule has 1 aliphatic rings. The van der Waals surface area contributed by atoms with E-state index in [1.807, 2.05) is 0 Å². The summed E-state index contributed by atoms with van der Waals surface area (Å²) in [5.41, 5.74) is 4.36. The summed E-state index contributed by atoms with van der Waals surface area (Å²) in [4.78, 5) is 11.9. The Labute approximate surface area is 101 Å². The van der Waals surface area contributed by atoms with Crippen LogP contribution >= 0.6 is 0 Å². The lowest BCUT2D eigenvalue weighted by atomic mass is 10.1. The number of nitrogens with zero attached hydrogens (tertiary/aromatic N) is 1. The molecule has 7 heteroatoms. The standard InChI is InChI=1S/C11H11F2N3O2/c12-6-3-7(13)5-8(4-6)15-10(17)11(1-2-11)9(14)16-18/h3-5,18H,1-2H2,(H2,14,16)(H,15,17). The van der Waals surface area contributed by atoms with E-state index in [1.54, 1.807) is 0 Å². The van der Waals surface area contributed by atoms with Gasteiger partial charge in [0.25, 0.3) is 0 Å². The molecule has 0 heterocycles. The van der Waals surface area contributed by atoms with Crippen LogP contribution in [0.25, 0.3) is 0 Å². The number of carbonyl (C=O) groups is 1. The number of halogens is 2. The number of benzene rings is 1. The zero-order valence-electron chi connectivity index (χ0n) is 9.28. The van der Waals surface area contributed by atoms with Gasteiger partial charge in [-0.25, -0.2) is 8.78 Å². The molecule has 5 nitrogen and oxygen atoms in total. The first-order chi connectivity index (χ1) is 8.48. The number of nitrogens with one attached hydrogen (secondary N) is 1. The Kier molecular flexibility index (Phi) is 2.90. The molecule has 4 N–H and O–H groups in total. The van der Waals surface area contributed by atoms with Gasteiger partial charge in [-0.05, 0) is 25.0 Å². The van der Waals surface area contributed by atoms with Gasteiger partial charge >= 0.3 is 0 Å². The molecule has 0 aliphatic heterocycles. The van der Waals surface area contributed by atoms with Crippen LogP contribution in [0.15, 0.2) is 23.4 Å². The van der Waals surface area contributed by atoms with Crippen molar-refractivity contribution in [3.8, 4) is 0 Å². The van der Waals surface area contributed by atoms with Crippen molar-refractivity contribution < 1.29 is 18.8 Å². The van der Waals surface area contributed by atoms with Crippen molar-refractivity contribution in [1.29, 1.82) is 0 Å².